The van der Waals surface area contributed by atoms with Crippen LogP contribution in [0.1, 0.15) is 0 Å². The Balaban J connectivity index is 5.62. The molecule has 16 heavy (non-hydrogen) atoms. The van der Waals surface area contributed by atoms with Crippen molar-refractivity contribution in [1.82, 2.24) is 0 Å². The Morgan fingerprint density at radius 3 is 1.38 bits per heavy atom. The maximum absolute atomic E-state index is 12.3. The molecule has 0 heterocycles. The molecule has 0 aliphatic carbocycles. The topological polar surface area (TPSA) is 37.3 Å². The van der Waals surface area contributed by atoms with Crippen molar-refractivity contribution in [3.63, 3.8) is 0 Å². The monoisotopic (exact) mass is 324 g/mol. The van der Waals surface area contributed by atoms with Crippen LogP contribution in [-0.2, 0) is 4.79 Å². The van der Waals surface area contributed by atoms with Gasteiger partial charge in [-0.2, -0.15) is 35.1 Å². The van der Waals surface area contributed by atoms with Crippen molar-refractivity contribution in [2.75, 3.05) is 0 Å². The lowest BCUT2D eigenvalue weighted by molar-refractivity contribution is -0.337. The molecule has 0 fully saturated rings. The van der Waals surface area contributed by atoms with Gasteiger partial charge < -0.3 is 5.11 Å². The van der Waals surface area contributed by atoms with Gasteiger partial charge >= 0.3 is 28.6 Å². The number of halogens is 9. The molecule has 0 amide bonds. The summed E-state index contributed by atoms with van der Waals surface area (Å²) in [6, 6.07) is 0. The molecule has 11 heteroatoms. The van der Waals surface area contributed by atoms with Gasteiger partial charge in [0.15, 0.2) is 0 Å². The van der Waals surface area contributed by atoms with Crippen LogP contribution in [0, 0.1) is 0 Å². The van der Waals surface area contributed by atoms with Crippen molar-refractivity contribution in [1.29, 1.82) is 0 Å². The molecule has 0 aromatic heterocycles. The predicted octanol–water partition coefficient (Wildman–Crippen LogP) is 2.96. The van der Waals surface area contributed by atoms with Crippen molar-refractivity contribution in [3.05, 3.63) is 0 Å². The number of hydrogen-bond donors (Lipinski definition) is 1. The maximum Gasteiger partial charge on any atom is 0.410 e. The number of aliphatic carboxylic acids is 1. The summed E-state index contributed by atoms with van der Waals surface area (Å²) in [6.07, 6.45) is 0. The van der Waals surface area contributed by atoms with Crippen molar-refractivity contribution in [3.8, 4) is 0 Å². The van der Waals surface area contributed by atoms with Gasteiger partial charge in [0.1, 0.15) is 0 Å². The lowest BCUT2D eigenvalue weighted by atomic mass is 10.1. The van der Waals surface area contributed by atoms with Crippen LogP contribution in [0.3, 0.4) is 0 Å². The van der Waals surface area contributed by atoms with Gasteiger partial charge in [-0.3, -0.25) is 0 Å². The van der Waals surface area contributed by atoms with Crippen LogP contribution >= 0.6 is 15.9 Å². The highest BCUT2D eigenvalue weighted by atomic mass is 79.9. The lowest BCUT2D eigenvalue weighted by Gasteiger charge is -2.32. The molecule has 96 valence electrons. The first-order valence-electron chi connectivity index (χ1n) is 3.13. The van der Waals surface area contributed by atoms with E-state index in [0.717, 1.165) is 15.9 Å². The molecule has 0 unspecified atom stereocenters. The Morgan fingerprint density at radius 2 is 1.19 bits per heavy atom. The lowest BCUT2D eigenvalue weighted by Crippen LogP contribution is -2.62. The molecule has 0 saturated carbocycles. The van der Waals surface area contributed by atoms with E-state index in [-0.39, 0.29) is 0 Å². The summed E-state index contributed by atoms with van der Waals surface area (Å²) in [6.45, 7) is 0. The summed E-state index contributed by atoms with van der Waals surface area (Å²) in [5, 5.41) is 7.58. The normalized spacial score (nSPS) is 15.1. The average molecular weight is 325 g/mol. The van der Waals surface area contributed by atoms with Gasteiger partial charge in [0.25, 0.3) is 0 Å². The van der Waals surface area contributed by atoms with Crippen LogP contribution in [0.5, 0.6) is 0 Å². The molecular weight excluding hydrogens is 324 g/mol. The largest absolute Gasteiger partial charge is 0.477 e. The summed E-state index contributed by atoms with van der Waals surface area (Å²) >= 11 is 0.788. The van der Waals surface area contributed by atoms with Gasteiger partial charge in [0, 0.05) is 0 Å². The van der Waals surface area contributed by atoms with E-state index in [1.165, 1.54) is 0 Å². The highest BCUT2D eigenvalue weighted by Crippen LogP contribution is 2.54. The molecule has 1 N–H and O–H groups in total. The standard InChI is InChI=1S/C5HBrF8O2/c6-5(13,14)4(11,12)3(9,10)2(7,8)1(15)16/h(H,15,16). The fourth-order valence-electron chi connectivity index (χ4n) is 0.509. The molecule has 0 radical (unpaired) electrons. The van der Waals surface area contributed by atoms with E-state index in [2.05, 4.69) is 0 Å². The third-order valence-electron chi connectivity index (χ3n) is 1.41. The van der Waals surface area contributed by atoms with E-state index in [1.807, 2.05) is 0 Å². The summed E-state index contributed by atoms with van der Waals surface area (Å²) in [5.41, 5.74) is 0. The van der Waals surface area contributed by atoms with E-state index in [9.17, 15) is 39.9 Å². The van der Waals surface area contributed by atoms with Crippen LogP contribution in [0.25, 0.3) is 0 Å². The third-order valence-corrected chi connectivity index (χ3v) is 1.91. The van der Waals surface area contributed by atoms with Crippen molar-refractivity contribution in [2.45, 2.75) is 22.6 Å². The van der Waals surface area contributed by atoms with Crippen LogP contribution in [-0.4, -0.2) is 33.7 Å². The minimum atomic E-state index is -6.77. The van der Waals surface area contributed by atoms with Gasteiger partial charge in [-0.15, -0.1) is 0 Å². The highest BCUT2D eigenvalue weighted by Gasteiger charge is 2.82. The molecule has 0 atom stereocenters. The molecule has 2 nitrogen and oxygen atoms in total. The van der Waals surface area contributed by atoms with Crippen molar-refractivity contribution < 1.29 is 45.0 Å². The first-order valence-corrected chi connectivity index (χ1v) is 3.92. The highest BCUT2D eigenvalue weighted by molar-refractivity contribution is 9.10. The zero-order valence-corrected chi connectivity index (χ0v) is 8.34. The van der Waals surface area contributed by atoms with E-state index in [1.54, 1.807) is 0 Å². The third kappa shape index (κ3) is 1.96. The number of rotatable bonds is 4. The molecule has 0 aliphatic heterocycles. The quantitative estimate of drug-likeness (QED) is 0.637. The minimum absolute atomic E-state index is 0.788. The molecule has 0 aromatic carbocycles. The molecule has 0 bridgehead atoms. The van der Waals surface area contributed by atoms with Gasteiger partial charge in [-0.05, 0) is 15.9 Å². The number of hydrogen-bond acceptors (Lipinski definition) is 1. The maximum atomic E-state index is 12.3. The number of carboxylic acids is 1. The molecule has 0 aliphatic rings. The summed E-state index contributed by atoms with van der Waals surface area (Å²) in [5.74, 6) is -23.3. The first-order chi connectivity index (χ1) is 6.69. The SMILES string of the molecule is O=C(O)C(F)(F)C(F)(F)C(F)(F)C(F)(F)Br. The van der Waals surface area contributed by atoms with Crippen LogP contribution in [0.4, 0.5) is 35.1 Å². The summed E-state index contributed by atoms with van der Waals surface area (Å²) in [4.78, 5) is 3.93. The minimum Gasteiger partial charge on any atom is -0.477 e. The van der Waals surface area contributed by atoms with Crippen LogP contribution < -0.4 is 0 Å². The van der Waals surface area contributed by atoms with Crippen molar-refractivity contribution in [2.24, 2.45) is 0 Å². The van der Waals surface area contributed by atoms with Gasteiger partial charge in [0.05, 0.1) is 0 Å². The van der Waals surface area contributed by atoms with Crippen LogP contribution in [0.15, 0.2) is 0 Å². The van der Waals surface area contributed by atoms with Crippen molar-refractivity contribution >= 4 is 21.9 Å². The Bertz CT molecular complexity index is 295. The predicted molar refractivity (Wildman–Crippen MR) is 36.4 cm³/mol. The number of carboxylic acid groups (broad SMARTS) is 1. The Morgan fingerprint density at radius 1 is 0.875 bits per heavy atom. The fourth-order valence-corrected chi connectivity index (χ4v) is 0.758. The Labute approximate surface area is 90.3 Å². The molecule has 0 saturated heterocycles. The summed E-state index contributed by atoms with van der Waals surface area (Å²) < 4.78 is 97.5. The molecule has 0 rings (SSSR count). The van der Waals surface area contributed by atoms with Gasteiger partial charge in [-0.1, -0.05) is 0 Å². The zero-order valence-electron chi connectivity index (χ0n) is 6.76. The van der Waals surface area contributed by atoms with E-state index < -0.39 is 28.6 Å². The summed E-state index contributed by atoms with van der Waals surface area (Å²) in [7, 11) is 0. The van der Waals surface area contributed by atoms with Gasteiger partial charge in [-0.25, -0.2) is 4.79 Å². The number of alkyl halides is 9. The smallest absolute Gasteiger partial charge is 0.410 e. The Hall–Kier alpha value is -0.610. The zero-order chi connectivity index (χ0) is 13.6. The van der Waals surface area contributed by atoms with Gasteiger partial charge in [0.2, 0.25) is 0 Å². The van der Waals surface area contributed by atoms with E-state index in [0.29, 0.717) is 0 Å². The first kappa shape index (κ1) is 15.4. The molecular formula is C5HBrF8O2. The second-order valence-corrected chi connectivity index (χ2v) is 3.52. The van der Waals surface area contributed by atoms with E-state index in [4.69, 9.17) is 5.11 Å². The molecule has 0 spiro atoms. The second-order valence-electron chi connectivity index (χ2n) is 2.53. The van der Waals surface area contributed by atoms with E-state index >= 15 is 0 Å². The molecule has 0 aromatic rings. The second kappa shape index (κ2) is 3.70. The Kier molecular flexibility index (Phi) is 3.56. The average Bonchev–Trinajstić information content (AvgIpc) is 2.00. The van der Waals surface area contributed by atoms with Crippen LogP contribution in [0.2, 0.25) is 0 Å². The fraction of sp³-hybridized carbons (Fsp3) is 0.800. The number of carbonyl (C=O) groups is 1.